The van der Waals surface area contributed by atoms with E-state index >= 15 is 0 Å². The van der Waals surface area contributed by atoms with Gasteiger partial charge in [-0.3, -0.25) is 9.20 Å². The van der Waals surface area contributed by atoms with Gasteiger partial charge in [0.05, 0.1) is 6.04 Å². The number of carbonyl (C=O) groups excluding carboxylic acids is 1. The van der Waals surface area contributed by atoms with Crippen LogP contribution < -0.4 is 15.8 Å². The summed E-state index contributed by atoms with van der Waals surface area (Å²) < 4.78 is 28.7. The number of hydrogen-bond acceptors (Lipinski definition) is 5. The van der Waals surface area contributed by atoms with Crippen LogP contribution in [-0.4, -0.2) is 36.3 Å². The van der Waals surface area contributed by atoms with Crippen molar-refractivity contribution in [3.05, 3.63) is 24.4 Å². The molecule has 9 heteroatoms. The van der Waals surface area contributed by atoms with Gasteiger partial charge in [-0.2, -0.15) is 4.72 Å². The lowest BCUT2D eigenvalue weighted by atomic mass is 10.4. The number of carbonyl (C=O) groups is 1. The number of aromatic nitrogens is 2. The first-order chi connectivity index (χ1) is 9.86. The number of rotatable bonds is 6. The highest BCUT2D eigenvalue weighted by molar-refractivity contribution is 7.89. The molecule has 1 unspecified atom stereocenters. The molecule has 1 atom stereocenters. The van der Waals surface area contributed by atoms with Crippen LogP contribution in [-0.2, 0) is 14.8 Å². The number of amides is 1. The molecule has 0 saturated heterocycles. The Morgan fingerprint density at radius 2 is 2.19 bits per heavy atom. The topological polar surface area (TPSA) is 119 Å². The fraction of sp³-hybridized carbons (Fsp3) is 0.333. The van der Waals surface area contributed by atoms with E-state index in [9.17, 15) is 13.2 Å². The Bertz CT molecular complexity index is 768. The molecule has 0 radical (unpaired) electrons. The van der Waals surface area contributed by atoms with Gasteiger partial charge in [0.25, 0.3) is 10.0 Å². The van der Waals surface area contributed by atoms with Gasteiger partial charge in [-0.1, -0.05) is 6.07 Å². The van der Waals surface area contributed by atoms with Crippen molar-refractivity contribution in [2.24, 2.45) is 5.73 Å². The molecule has 0 saturated carbocycles. The standard InChI is InChI=1S/C12H17N5O3S/c1-3-14-11-12(17-7-5-4-6-9(17)15-11)21(19,20)16-8(2)10(13)18/h4-8,14,16H,3H2,1-2H3,(H2,13,18). The monoisotopic (exact) mass is 311 g/mol. The highest BCUT2D eigenvalue weighted by Gasteiger charge is 2.27. The van der Waals surface area contributed by atoms with E-state index in [2.05, 4.69) is 15.0 Å². The zero-order valence-corrected chi connectivity index (χ0v) is 12.5. The lowest BCUT2D eigenvalue weighted by molar-refractivity contribution is -0.119. The van der Waals surface area contributed by atoms with E-state index < -0.39 is 22.0 Å². The van der Waals surface area contributed by atoms with Crippen molar-refractivity contribution in [3.8, 4) is 0 Å². The Hall–Kier alpha value is -2.13. The molecule has 0 aromatic carbocycles. The van der Waals surface area contributed by atoms with Crippen LogP contribution in [0.2, 0.25) is 0 Å². The third-order valence-corrected chi connectivity index (χ3v) is 4.41. The van der Waals surface area contributed by atoms with Crippen molar-refractivity contribution in [3.63, 3.8) is 0 Å². The van der Waals surface area contributed by atoms with E-state index in [1.54, 1.807) is 24.4 Å². The largest absolute Gasteiger partial charge is 0.368 e. The molecule has 2 rings (SSSR count). The van der Waals surface area contributed by atoms with Crippen LogP contribution in [0.1, 0.15) is 13.8 Å². The van der Waals surface area contributed by atoms with Crippen LogP contribution in [0.25, 0.3) is 5.65 Å². The number of primary amides is 1. The zero-order valence-electron chi connectivity index (χ0n) is 11.7. The molecule has 4 N–H and O–H groups in total. The first-order valence-corrected chi connectivity index (χ1v) is 7.87. The third kappa shape index (κ3) is 2.98. The second kappa shape index (κ2) is 5.70. The van der Waals surface area contributed by atoms with Crippen LogP contribution in [0.4, 0.5) is 5.82 Å². The lowest BCUT2D eigenvalue weighted by Crippen LogP contribution is -2.42. The number of anilines is 1. The molecule has 0 spiro atoms. The number of nitrogens with zero attached hydrogens (tertiary/aromatic N) is 2. The van der Waals surface area contributed by atoms with Gasteiger partial charge in [0, 0.05) is 12.7 Å². The van der Waals surface area contributed by atoms with Crippen LogP contribution in [0.15, 0.2) is 29.4 Å². The number of nitrogens with two attached hydrogens (primary N) is 1. The highest BCUT2D eigenvalue weighted by atomic mass is 32.2. The fourth-order valence-electron chi connectivity index (χ4n) is 1.86. The average molecular weight is 311 g/mol. The third-order valence-electron chi connectivity index (χ3n) is 2.84. The van der Waals surface area contributed by atoms with E-state index in [0.29, 0.717) is 12.2 Å². The van der Waals surface area contributed by atoms with Gasteiger partial charge >= 0.3 is 0 Å². The predicted molar refractivity (Wildman–Crippen MR) is 78.3 cm³/mol. The summed E-state index contributed by atoms with van der Waals surface area (Å²) in [5.41, 5.74) is 5.59. The minimum atomic E-state index is -3.95. The van der Waals surface area contributed by atoms with Gasteiger partial charge in [0.15, 0.2) is 10.8 Å². The minimum Gasteiger partial charge on any atom is -0.368 e. The summed E-state index contributed by atoms with van der Waals surface area (Å²) >= 11 is 0. The Morgan fingerprint density at radius 1 is 1.48 bits per heavy atom. The Kier molecular flexibility index (Phi) is 4.14. The second-order valence-corrected chi connectivity index (χ2v) is 6.10. The van der Waals surface area contributed by atoms with Gasteiger partial charge in [0.1, 0.15) is 5.65 Å². The van der Waals surface area contributed by atoms with E-state index in [1.807, 2.05) is 6.92 Å². The number of hydrogen-bond donors (Lipinski definition) is 3. The Labute approximate surface area is 122 Å². The summed E-state index contributed by atoms with van der Waals surface area (Å²) in [6.45, 7) is 3.73. The number of sulfonamides is 1. The van der Waals surface area contributed by atoms with Crippen LogP contribution in [0.5, 0.6) is 0 Å². The summed E-state index contributed by atoms with van der Waals surface area (Å²) in [5, 5.41) is 2.86. The number of fused-ring (bicyclic) bond motifs is 1. The quantitative estimate of drug-likeness (QED) is 0.689. The normalized spacial score (nSPS) is 13.2. The summed E-state index contributed by atoms with van der Waals surface area (Å²) in [6, 6.07) is 4.13. The average Bonchev–Trinajstić information content (AvgIpc) is 2.77. The summed E-state index contributed by atoms with van der Waals surface area (Å²) in [4.78, 5) is 15.3. The molecule has 0 fully saturated rings. The minimum absolute atomic E-state index is 0.0481. The van der Waals surface area contributed by atoms with Crippen molar-refractivity contribution in [2.45, 2.75) is 24.9 Å². The Balaban J connectivity index is 2.57. The maximum Gasteiger partial charge on any atom is 0.261 e. The first kappa shape index (κ1) is 15.3. The number of imidazole rings is 1. The molecule has 114 valence electrons. The predicted octanol–water partition coefficient (Wildman–Crippen LogP) is -0.0818. The van der Waals surface area contributed by atoms with E-state index in [1.165, 1.54) is 11.3 Å². The van der Waals surface area contributed by atoms with Gasteiger partial charge < -0.3 is 11.1 Å². The van der Waals surface area contributed by atoms with Crippen molar-refractivity contribution in [1.82, 2.24) is 14.1 Å². The van der Waals surface area contributed by atoms with Crippen LogP contribution >= 0.6 is 0 Å². The molecule has 0 aliphatic heterocycles. The smallest absolute Gasteiger partial charge is 0.261 e. The zero-order chi connectivity index (χ0) is 15.6. The van der Waals surface area contributed by atoms with Crippen molar-refractivity contribution in [1.29, 1.82) is 0 Å². The molecule has 21 heavy (non-hydrogen) atoms. The Morgan fingerprint density at radius 3 is 2.81 bits per heavy atom. The fourth-order valence-corrected chi connectivity index (χ4v) is 3.34. The van der Waals surface area contributed by atoms with Gasteiger partial charge in [-0.25, -0.2) is 13.4 Å². The first-order valence-electron chi connectivity index (χ1n) is 6.39. The lowest BCUT2D eigenvalue weighted by Gasteiger charge is -2.12. The van der Waals surface area contributed by atoms with E-state index in [0.717, 1.165) is 0 Å². The summed E-state index contributed by atoms with van der Waals surface area (Å²) in [5.74, 6) is -0.523. The molecular formula is C12H17N5O3S. The van der Waals surface area contributed by atoms with Crippen LogP contribution in [0.3, 0.4) is 0 Å². The second-order valence-electron chi connectivity index (χ2n) is 4.47. The molecule has 0 aliphatic rings. The SMILES string of the molecule is CCNc1nc2ccccn2c1S(=O)(=O)NC(C)C(N)=O. The van der Waals surface area contributed by atoms with Crippen LogP contribution in [0, 0.1) is 0 Å². The molecule has 2 aromatic rings. The van der Waals surface area contributed by atoms with Crippen molar-refractivity contribution in [2.75, 3.05) is 11.9 Å². The van der Waals surface area contributed by atoms with E-state index in [4.69, 9.17) is 5.73 Å². The van der Waals surface area contributed by atoms with Crippen molar-refractivity contribution >= 4 is 27.4 Å². The van der Waals surface area contributed by atoms with E-state index in [-0.39, 0.29) is 10.8 Å². The molecule has 2 aromatic heterocycles. The maximum atomic E-state index is 12.5. The van der Waals surface area contributed by atoms with Gasteiger partial charge in [0.2, 0.25) is 5.91 Å². The highest BCUT2D eigenvalue weighted by Crippen LogP contribution is 2.22. The molecule has 0 aliphatic carbocycles. The van der Waals surface area contributed by atoms with Gasteiger partial charge in [-0.15, -0.1) is 0 Å². The molecule has 0 bridgehead atoms. The maximum absolute atomic E-state index is 12.5. The number of pyridine rings is 1. The van der Waals surface area contributed by atoms with Gasteiger partial charge in [-0.05, 0) is 26.0 Å². The summed E-state index contributed by atoms with van der Waals surface area (Å²) in [7, 11) is -3.95. The van der Waals surface area contributed by atoms with Crippen molar-refractivity contribution < 1.29 is 13.2 Å². The molecule has 2 heterocycles. The molecule has 1 amide bonds. The number of nitrogens with one attached hydrogen (secondary N) is 2. The molecule has 8 nitrogen and oxygen atoms in total. The summed E-state index contributed by atoms with van der Waals surface area (Å²) in [6.07, 6.45) is 1.59. The molecular weight excluding hydrogens is 294 g/mol.